The average Bonchev–Trinajstić information content (AvgIpc) is 2.69. The topological polar surface area (TPSA) is 75.6 Å². The molecule has 1 rings (SSSR count). The van der Waals surface area contributed by atoms with E-state index in [1.807, 2.05) is 5.32 Å². The maximum Gasteiger partial charge on any atom is 0.409 e. The van der Waals surface area contributed by atoms with Crippen LogP contribution in [0.1, 0.15) is 9.67 Å². The highest BCUT2D eigenvalue weighted by Gasteiger charge is 2.19. The molecule has 0 saturated carbocycles. The van der Waals surface area contributed by atoms with E-state index in [-0.39, 0.29) is 0 Å². The van der Waals surface area contributed by atoms with Gasteiger partial charge in [-0.2, -0.15) is 0 Å². The number of nitrogens with one attached hydrogen (secondary N) is 1. The summed E-state index contributed by atoms with van der Waals surface area (Å²) in [7, 11) is 1.15. The lowest BCUT2D eigenvalue weighted by Gasteiger charge is -2.08. The fourth-order valence-corrected chi connectivity index (χ4v) is 1.48. The summed E-state index contributed by atoms with van der Waals surface area (Å²) in [5.41, 5.74) is 0. The minimum Gasteiger partial charge on any atom is -0.453 e. The number of aliphatic hydroxyl groups excluding tert-OH is 1. The molecule has 1 atom stereocenters. The molecule has 76 valence electrons. The third kappa shape index (κ3) is 2.54. The Hall–Kier alpha value is -1.40. The molecule has 0 aromatic carbocycles. The number of hydrogen-bond acceptors (Lipinski definition) is 5. The molecular formula is C8H9NO4S. The van der Waals surface area contributed by atoms with Gasteiger partial charge in [0.05, 0.1) is 12.0 Å². The third-order valence-corrected chi connectivity index (χ3v) is 2.34. The Morgan fingerprint density at radius 1 is 1.64 bits per heavy atom. The van der Waals surface area contributed by atoms with Crippen LogP contribution < -0.4 is 5.32 Å². The molecule has 0 aliphatic rings. The van der Waals surface area contributed by atoms with Crippen LogP contribution in [0.3, 0.4) is 0 Å². The SMILES string of the molecule is COC(=O)NC(O)C(=O)c1cccs1. The predicted molar refractivity (Wildman–Crippen MR) is 50.2 cm³/mol. The van der Waals surface area contributed by atoms with Crippen molar-refractivity contribution < 1.29 is 19.4 Å². The van der Waals surface area contributed by atoms with Crippen molar-refractivity contribution in [1.82, 2.24) is 5.32 Å². The number of Topliss-reactive ketones (excluding diaryl/α,β-unsaturated/α-hetero) is 1. The first kappa shape index (κ1) is 10.7. The zero-order valence-electron chi connectivity index (χ0n) is 7.39. The van der Waals surface area contributed by atoms with Gasteiger partial charge in [0.25, 0.3) is 0 Å². The molecule has 1 heterocycles. The predicted octanol–water partition coefficient (Wildman–Crippen LogP) is 0.605. The Morgan fingerprint density at radius 2 is 2.36 bits per heavy atom. The second-order valence-corrected chi connectivity index (χ2v) is 3.33. The molecular weight excluding hydrogens is 206 g/mol. The first-order valence-corrected chi connectivity index (χ1v) is 4.63. The fraction of sp³-hybridized carbons (Fsp3) is 0.250. The van der Waals surface area contributed by atoms with Crippen molar-refractivity contribution in [3.8, 4) is 0 Å². The molecule has 0 aliphatic heterocycles. The molecule has 0 fully saturated rings. The van der Waals surface area contributed by atoms with Crippen LogP contribution in [0, 0.1) is 0 Å². The normalized spacial score (nSPS) is 11.9. The van der Waals surface area contributed by atoms with Gasteiger partial charge < -0.3 is 9.84 Å². The van der Waals surface area contributed by atoms with Gasteiger partial charge in [0.2, 0.25) is 5.78 Å². The van der Waals surface area contributed by atoms with Gasteiger partial charge in [-0.25, -0.2) is 4.79 Å². The number of aliphatic hydroxyl groups is 1. The Kier molecular flexibility index (Phi) is 3.61. The molecule has 1 aromatic heterocycles. The van der Waals surface area contributed by atoms with Gasteiger partial charge in [-0.05, 0) is 11.4 Å². The molecule has 6 heteroatoms. The lowest BCUT2D eigenvalue weighted by atomic mass is 10.3. The van der Waals surface area contributed by atoms with Crippen LogP contribution in [-0.4, -0.2) is 30.3 Å². The highest BCUT2D eigenvalue weighted by Crippen LogP contribution is 2.10. The zero-order chi connectivity index (χ0) is 10.6. The smallest absolute Gasteiger partial charge is 0.409 e. The van der Waals surface area contributed by atoms with E-state index in [4.69, 9.17) is 0 Å². The Morgan fingerprint density at radius 3 is 2.86 bits per heavy atom. The number of ether oxygens (including phenoxy) is 1. The summed E-state index contributed by atoms with van der Waals surface area (Å²) in [4.78, 5) is 22.4. The third-order valence-electron chi connectivity index (χ3n) is 1.45. The van der Waals surface area contributed by atoms with Gasteiger partial charge in [0, 0.05) is 0 Å². The lowest BCUT2D eigenvalue weighted by Crippen LogP contribution is -2.40. The van der Waals surface area contributed by atoms with Crippen molar-refractivity contribution in [2.75, 3.05) is 7.11 Å². The van der Waals surface area contributed by atoms with Crippen molar-refractivity contribution in [2.24, 2.45) is 0 Å². The van der Waals surface area contributed by atoms with Gasteiger partial charge in [0.1, 0.15) is 0 Å². The molecule has 1 amide bonds. The maximum absolute atomic E-state index is 11.3. The number of methoxy groups -OCH3 is 1. The minimum absolute atomic E-state index is 0.383. The number of alkyl carbamates (subject to hydrolysis) is 1. The molecule has 1 unspecified atom stereocenters. The molecule has 14 heavy (non-hydrogen) atoms. The van der Waals surface area contributed by atoms with Crippen LogP contribution in [0.25, 0.3) is 0 Å². The zero-order valence-corrected chi connectivity index (χ0v) is 8.21. The van der Waals surface area contributed by atoms with Crippen LogP contribution in [0.15, 0.2) is 17.5 Å². The van der Waals surface area contributed by atoms with Crippen molar-refractivity contribution in [2.45, 2.75) is 6.23 Å². The second-order valence-electron chi connectivity index (χ2n) is 2.38. The van der Waals surface area contributed by atoms with Crippen molar-refractivity contribution in [1.29, 1.82) is 0 Å². The van der Waals surface area contributed by atoms with Crippen LogP contribution in [0.4, 0.5) is 4.79 Å². The van der Waals surface area contributed by atoms with Gasteiger partial charge in [-0.15, -0.1) is 11.3 Å². The number of rotatable bonds is 3. The van der Waals surface area contributed by atoms with Gasteiger partial charge in [0.15, 0.2) is 6.23 Å². The summed E-state index contributed by atoms with van der Waals surface area (Å²) in [6, 6.07) is 3.25. The number of amides is 1. The molecule has 1 aromatic rings. The molecule has 0 spiro atoms. The summed E-state index contributed by atoms with van der Waals surface area (Å²) in [6.07, 6.45) is -2.40. The summed E-state index contributed by atoms with van der Waals surface area (Å²) in [5, 5.41) is 12.9. The van der Waals surface area contributed by atoms with Crippen LogP contribution in [0.2, 0.25) is 0 Å². The van der Waals surface area contributed by atoms with E-state index in [0.29, 0.717) is 4.88 Å². The Bertz CT molecular complexity index is 322. The summed E-state index contributed by atoms with van der Waals surface area (Å²) < 4.78 is 4.23. The molecule has 2 N–H and O–H groups in total. The fourth-order valence-electron chi connectivity index (χ4n) is 0.790. The molecule has 0 radical (unpaired) electrons. The summed E-state index contributed by atoms with van der Waals surface area (Å²) in [5.74, 6) is -0.551. The highest BCUT2D eigenvalue weighted by molar-refractivity contribution is 7.12. The molecule has 5 nitrogen and oxygen atoms in total. The first-order chi connectivity index (χ1) is 6.65. The van der Waals surface area contributed by atoms with E-state index in [0.717, 1.165) is 7.11 Å². The quantitative estimate of drug-likeness (QED) is 0.572. The van der Waals surface area contributed by atoms with Crippen molar-refractivity contribution in [3.63, 3.8) is 0 Å². The van der Waals surface area contributed by atoms with Gasteiger partial charge in [-0.1, -0.05) is 6.07 Å². The Labute approximate surface area is 84.3 Å². The largest absolute Gasteiger partial charge is 0.453 e. The number of carbonyl (C=O) groups is 2. The standard InChI is InChI=1S/C8H9NO4S/c1-13-8(12)9-7(11)6(10)5-3-2-4-14-5/h2-4,7,11H,1H3,(H,9,12). The average molecular weight is 215 g/mol. The van der Waals surface area contributed by atoms with Gasteiger partial charge >= 0.3 is 6.09 Å². The summed E-state index contributed by atoms with van der Waals surface area (Å²) in [6.45, 7) is 0. The molecule has 0 saturated heterocycles. The second kappa shape index (κ2) is 4.73. The van der Waals surface area contributed by atoms with E-state index in [1.165, 1.54) is 11.3 Å². The van der Waals surface area contributed by atoms with Crippen LogP contribution >= 0.6 is 11.3 Å². The van der Waals surface area contributed by atoms with Crippen LogP contribution in [-0.2, 0) is 4.74 Å². The Balaban J connectivity index is 2.58. The maximum atomic E-state index is 11.3. The van der Waals surface area contributed by atoms with E-state index < -0.39 is 18.1 Å². The van der Waals surface area contributed by atoms with Crippen molar-refractivity contribution >= 4 is 23.2 Å². The monoisotopic (exact) mass is 215 g/mol. The molecule has 0 aliphatic carbocycles. The van der Waals surface area contributed by atoms with Crippen LogP contribution in [0.5, 0.6) is 0 Å². The van der Waals surface area contributed by atoms with E-state index in [1.54, 1.807) is 17.5 Å². The van der Waals surface area contributed by atoms with Crippen molar-refractivity contribution in [3.05, 3.63) is 22.4 Å². The highest BCUT2D eigenvalue weighted by atomic mass is 32.1. The molecule has 0 bridgehead atoms. The van der Waals surface area contributed by atoms with Gasteiger partial charge in [-0.3, -0.25) is 10.1 Å². The lowest BCUT2D eigenvalue weighted by molar-refractivity contribution is 0.0655. The number of carbonyl (C=O) groups excluding carboxylic acids is 2. The first-order valence-electron chi connectivity index (χ1n) is 3.75. The number of ketones is 1. The minimum atomic E-state index is -1.55. The van der Waals surface area contributed by atoms with E-state index >= 15 is 0 Å². The summed E-state index contributed by atoms with van der Waals surface area (Å²) >= 11 is 1.19. The van der Waals surface area contributed by atoms with E-state index in [2.05, 4.69) is 4.74 Å². The number of hydrogen-bond donors (Lipinski definition) is 2. The van der Waals surface area contributed by atoms with E-state index in [9.17, 15) is 14.7 Å². The number of thiophene rings is 1.